The summed E-state index contributed by atoms with van der Waals surface area (Å²) >= 11 is 0. The molecule has 1 heterocycles. The number of hydrogen-bond acceptors (Lipinski definition) is 3. The molecule has 2 aromatic rings. The fraction of sp³-hybridized carbons (Fsp3) is 0.333. The molecular weight excluding hydrogens is 328 g/mol. The van der Waals surface area contributed by atoms with Crippen LogP contribution < -0.4 is 15.0 Å². The predicted octanol–water partition coefficient (Wildman–Crippen LogP) is 2.93. The van der Waals surface area contributed by atoms with E-state index in [2.05, 4.69) is 24.4 Å². The number of methoxy groups -OCH3 is 1. The van der Waals surface area contributed by atoms with E-state index in [4.69, 9.17) is 4.74 Å². The second-order valence-corrected chi connectivity index (χ2v) is 6.49. The van der Waals surface area contributed by atoms with Crippen LogP contribution in [0.4, 0.5) is 5.69 Å². The number of carbonyl (C=O) groups excluding carboxylic acids is 2. The summed E-state index contributed by atoms with van der Waals surface area (Å²) in [7, 11) is 1.60. The highest BCUT2D eigenvalue weighted by Crippen LogP contribution is 2.27. The molecule has 0 aliphatic carbocycles. The lowest BCUT2D eigenvalue weighted by molar-refractivity contribution is -0.126. The zero-order valence-electron chi connectivity index (χ0n) is 15.2. The van der Waals surface area contributed by atoms with Crippen LogP contribution in [0.25, 0.3) is 0 Å². The van der Waals surface area contributed by atoms with Crippen molar-refractivity contribution in [2.45, 2.75) is 26.3 Å². The van der Waals surface area contributed by atoms with Gasteiger partial charge in [0, 0.05) is 25.2 Å². The highest BCUT2D eigenvalue weighted by atomic mass is 16.5. The molecule has 0 saturated carbocycles. The Morgan fingerprint density at radius 3 is 2.38 bits per heavy atom. The molecule has 1 atom stereocenters. The molecule has 1 aliphatic rings. The highest BCUT2D eigenvalue weighted by Gasteiger charge is 2.34. The summed E-state index contributed by atoms with van der Waals surface area (Å²) in [6.45, 7) is 3.00. The SMILES string of the molecule is CCc1ccc(CNC(=O)[C@@H]2CC(=O)N(c3ccc(OC)cc3)C2)cc1. The molecule has 1 saturated heterocycles. The monoisotopic (exact) mass is 352 g/mol. The van der Waals surface area contributed by atoms with Gasteiger partial charge >= 0.3 is 0 Å². The largest absolute Gasteiger partial charge is 0.497 e. The standard InChI is InChI=1S/C21H24N2O3/c1-3-15-4-6-16(7-5-15)13-22-21(25)17-12-20(24)23(14-17)18-8-10-19(26-2)11-9-18/h4-11,17H,3,12-14H2,1-2H3,(H,22,25)/t17-/m1/s1. The van der Waals surface area contributed by atoms with Crippen LogP contribution in [0.5, 0.6) is 5.75 Å². The minimum Gasteiger partial charge on any atom is -0.497 e. The van der Waals surface area contributed by atoms with Crippen molar-refractivity contribution in [1.29, 1.82) is 0 Å². The number of anilines is 1. The molecule has 0 aromatic heterocycles. The predicted molar refractivity (Wildman–Crippen MR) is 101 cm³/mol. The van der Waals surface area contributed by atoms with Crippen molar-refractivity contribution in [1.82, 2.24) is 5.32 Å². The van der Waals surface area contributed by atoms with Crippen LogP contribution in [0.15, 0.2) is 48.5 Å². The van der Waals surface area contributed by atoms with Gasteiger partial charge in [-0.3, -0.25) is 9.59 Å². The normalized spacial score (nSPS) is 16.6. The number of nitrogens with zero attached hydrogens (tertiary/aromatic N) is 1. The molecular formula is C21H24N2O3. The molecule has 2 amide bonds. The molecule has 2 aromatic carbocycles. The number of nitrogens with one attached hydrogen (secondary N) is 1. The van der Waals surface area contributed by atoms with Crippen LogP contribution in [0, 0.1) is 5.92 Å². The Hall–Kier alpha value is -2.82. The van der Waals surface area contributed by atoms with Gasteiger partial charge in [0.15, 0.2) is 0 Å². The van der Waals surface area contributed by atoms with E-state index in [0.29, 0.717) is 13.1 Å². The number of ether oxygens (including phenoxy) is 1. The number of hydrogen-bond donors (Lipinski definition) is 1. The molecule has 136 valence electrons. The van der Waals surface area contributed by atoms with Gasteiger partial charge < -0.3 is 15.0 Å². The quantitative estimate of drug-likeness (QED) is 0.870. The fourth-order valence-corrected chi connectivity index (χ4v) is 3.12. The van der Waals surface area contributed by atoms with Gasteiger partial charge in [0.25, 0.3) is 0 Å². The third-order valence-corrected chi connectivity index (χ3v) is 4.78. The third kappa shape index (κ3) is 4.04. The summed E-state index contributed by atoms with van der Waals surface area (Å²) < 4.78 is 5.14. The van der Waals surface area contributed by atoms with Gasteiger partial charge in [0.05, 0.1) is 13.0 Å². The molecule has 0 spiro atoms. The summed E-state index contributed by atoms with van der Waals surface area (Å²) in [6, 6.07) is 15.5. The van der Waals surface area contributed by atoms with Gasteiger partial charge in [-0.05, 0) is 41.8 Å². The molecule has 5 nitrogen and oxygen atoms in total. The van der Waals surface area contributed by atoms with Gasteiger partial charge in [-0.25, -0.2) is 0 Å². The smallest absolute Gasteiger partial charge is 0.227 e. The minimum absolute atomic E-state index is 0.0254. The summed E-state index contributed by atoms with van der Waals surface area (Å²) in [5.41, 5.74) is 3.13. The first kappa shape index (κ1) is 18.0. The molecule has 3 rings (SSSR count). The Bertz CT molecular complexity index is 769. The van der Waals surface area contributed by atoms with Crippen molar-refractivity contribution in [2.24, 2.45) is 5.92 Å². The van der Waals surface area contributed by atoms with E-state index >= 15 is 0 Å². The molecule has 26 heavy (non-hydrogen) atoms. The Labute approximate surface area is 154 Å². The maximum absolute atomic E-state index is 12.5. The molecule has 1 fully saturated rings. The topological polar surface area (TPSA) is 58.6 Å². The zero-order valence-corrected chi connectivity index (χ0v) is 15.2. The Kier molecular flexibility index (Phi) is 5.56. The van der Waals surface area contributed by atoms with Gasteiger partial charge in [0.1, 0.15) is 5.75 Å². The van der Waals surface area contributed by atoms with Gasteiger partial charge in [-0.15, -0.1) is 0 Å². The van der Waals surface area contributed by atoms with Crippen molar-refractivity contribution in [2.75, 3.05) is 18.6 Å². The Morgan fingerprint density at radius 2 is 1.77 bits per heavy atom. The molecule has 1 N–H and O–H groups in total. The van der Waals surface area contributed by atoms with Crippen molar-refractivity contribution >= 4 is 17.5 Å². The molecule has 0 unspecified atom stereocenters. The average Bonchev–Trinajstić information content (AvgIpc) is 3.08. The summed E-state index contributed by atoms with van der Waals surface area (Å²) in [4.78, 5) is 26.4. The second kappa shape index (κ2) is 8.04. The van der Waals surface area contributed by atoms with E-state index in [1.165, 1.54) is 5.56 Å². The van der Waals surface area contributed by atoms with Crippen LogP contribution in [0.2, 0.25) is 0 Å². The van der Waals surface area contributed by atoms with Gasteiger partial charge in [-0.2, -0.15) is 0 Å². The number of carbonyl (C=O) groups is 2. The van der Waals surface area contributed by atoms with Crippen LogP contribution in [0.1, 0.15) is 24.5 Å². The van der Waals surface area contributed by atoms with E-state index in [0.717, 1.165) is 23.4 Å². The number of benzene rings is 2. The Morgan fingerprint density at radius 1 is 1.12 bits per heavy atom. The highest BCUT2D eigenvalue weighted by molar-refractivity contribution is 6.00. The molecule has 0 radical (unpaired) electrons. The van der Waals surface area contributed by atoms with Crippen LogP contribution in [-0.4, -0.2) is 25.5 Å². The van der Waals surface area contributed by atoms with Crippen molar-refractivity contribution in [3.63, 3.8) is 0 Å². The first-order valence-corrected chi connectivity index (χ1v) is 8.90. The number of aryl methyl sites for hydroxylation is 1. The summed E-state index contributed by atoms with van der Waals surface area (Å²) in [5.74, 6) is 0.319. The lowest BCUT2D eigenvalue weighted by atomic mass is 10.1. The first-order valence-electron chi connectivity index (χ1n) is 8.90. The lowest BCUT2D eigenvalue weighted by Gasteiger charge is -2.17. The number of rotatable bonds is 6. The van der Waals surface area contributed by atoms with Crippen LogP contribution >= 0.6 is 0 Å². The molecule has 5 heteroatoms. The lowest BCUT2D eigenvalue weighted by Crippen LogP contribution is -2.32. The second-order valence-electron chi connectivity index (χ2n) is 6.49. The maximum Gasteiger partial charge on any atom is 0.227 e. The molecule has 1 aliphatic heterocycles. The summed E-state index contributed by atoms with van der Waals surface area (Å²) in [6.07, 6.45) is 1.24. The fourth-order valence-electron chi connectivity index (χ4n) is 3.12. The van der Waals surface area contributed by atoms with Crippen molar-refractivity contribution < 1.29 is 14.3 Å². The third-order valence-electron chi connectivity index (χ3n) is 4.78. The van der Waals surface area contributed by atoms with E-state index < -0.39 is 0 Å². The van der Waals surface area contributed by atoms with E-state index in [-0.39, 0.29) is 24.2 Å². The Balaban J connectivity index is 1.57. The first-order chi connectivity index (χ1) is 12.6. The maximum atomic E-state index is 12.5. The number of amides is 2. The van der Waals surface area contributed by atoms with Crippen LogP contribution in [0.3, 0.4) is 0 Å². The van der Waals surface area contributed by atoms with E-state index in [9.17, 15) is 9.59 Å². The zero-order chi connectivity index (χ0) is 18.5. The summed E-state index contributed by atoms with van der Waals surface area (Å²) in [5, 5.41) is 2.95. The van der Waals surface area contributed by atoms with Crippen LogP contribution in [-0.2, 0) is 22.6 Å². The van der Waals surface area contributed by atoms with Gasteiger partial charge in [0.2, 0.25) is 11.8 Å². The van der Waals surface area contributed by atoms with Crippen molar-refractivity contribution in [3.05, 3.63) is 59.7 Å². The average molecular weight is 352 g/mol. The van der Waals surface area contributed by atoms with Gasteiger partial charge in [-0.1, -0.05) is 31.2 Å². The van der Waals surface area contributed by atoms with Crippen molar-refractivity contribution in [3.8, 4) is 5.75 Å². The van der Waals surface area contributed by atoms with E-state index in [1.54, 1.807) is 12.0 Å². The minimum atomic E-state index is -0.320. The molecule has 0 bridgehead atoms. The van der Waals surface area contributed by atoms with E-state index in [1.807, 2.05) is 36.4 Å².